The molecule has 1 aromatic rings. The highest BCUT2D eigenvalue weighted by molar-refractivity contribution is 5.79. The number of nitrogens with one attached hydrogen (secondary N) is 2. The van der Waals surface area contributed by atoms with Gasteiger partial charge in [0.1, 0.15) is 11.5 Å². The Morgan fingerprint density at radius 3 is 2.70 bits per heavy atom. The number of fused-ring (bicyclic) bond motifs is 2. The fourth-order valence-electron chi connectivity index (χ4n) is 4.76. The second-order valence-corrected chi connectivity index (χ2v) is 7.67. The molecule has 3 aliphatic rings. The van der Waals surface area contributed by atoms with Crippen molar-refractivity contribution in [2.75, 3.05) is 44.6 Å². The van der Waals surface area contributed by atoms with E-state index in [0.29, 0.717) is 28.9 Å². The first kappa shape index (κ1) is 18.4. The monoisotopic (exact) mass is 377 g/mol. The van der Waals surface area contributed by atoms with E-state index in [1.54, 1.807) is 0 Å². The molecule has 1 saturated heterocycles. The molecule has 27 heavy (non-hydrogen) atoms. The molecule has 4 rings (SSSR count). The molecule has 1 fully saturated rings. The zero-order valence-electron chi connectivity index (χ0n) is 15.5. The van der Waals surface area contributed by atoms with Crippen LogP contribution < -0.4 is 15.1 Å². The first-order chi connectivity index (χ1) is 13.1. The summed E-state index contributed by atoms with van der Waals surface area (Å²) in [4.78, 5) is 13.9. The maximum atomic E-state index is 14.8. The topological polar surface area (TPSA) is 44.4 Å². The van der Waals surface area contributed by atoms with Crippen molar-refractivity contribution in [1.82, 2.24) is 14.7 Å². The lowest BCUT2D eigenvalue weighted by molar-refractivity contribution is -0.132. The lowest BCUT2D eigenvalue weighted by Crippen LogP contribution is -2.57. The first-order valence-corrected chi connectivity index (χ1v) is 9.86. The van der Waals surface area contributed by atoms with Gasteiger partial charge in [0.05, 0.1) is 19.6 Å². The molecule has 1 amide bonds. The van der Waals surface area contributed by atoms with Crippen molar-refractivity contribution in [1.29, 1.82) is 0 Å². The molecule has 0 saturated carbocycles. The van der Waals surface area contributed by atoms with Crippen LogP contribution >= 0.6 is 0 Å². The van der Waals surface area contributed by atoms with E-state index in [0.717, 1.165) is 57.9 Å². The average Bonchev–Trinajstić information content (AvgIpc) is 2.78. The van der Waals surface area contributed by atoms with Crippen molar-refractivity contribution in [2.24, 2.45) is 0 Å². The molecule has 0 aromatic heterocycles. The van der Waals surface area contributed by atoms with Gasteiger partial charge in [-0.2, -0.15) is 0 Å². The lowest BCUT2D eigenvalue weighted by atomic mass is 10.1. The number of anilines is 1. The van der Waals surface area contributed by atoms with Gasteiger partial charge in [-0.1, -0.05) is 12.2 Å². The van der Waals surface area contributed by atoms with Gasteiger partial charge in [-0.15, -0.1) is 0 Å². The number of nitrogens with zero attached hydrogens (tertiary/aromatic N) is 2. The number of halogens is 2. The zero-order chi connectivity index (χ0) is 18.9. The van der Waals surface area contributed by atoms with Gasteiger partial charge < -0.3 is 15.5 Å². The summed E-state index contributed by atoms with van der Waals surface area (Å²) in [6.45, 7) is 4.29. The minimum atomic E-state index is -0.545. The number of carbonyl (C=O) groups excluding carboxylic acids is 1. The summed E-state index contributed by atoms with van der Waals surface area (Å²) in [5.41, 5.74) is 1.18. The Morgan fingerprint density at radius 1 is 1.19 bits per heavy atom. The minimum absolute atomic E-state index is 0.00853. The number of carbonyl (C=O) groups is 1. The molecular formula is C20H27F2N4O+. The molecule has 146 valence electrons. The summed E-state index contributed by atoms with van der Waals surface area (Å²) in [6.07, 6.45) is 7.73. The van der Waals surface area contributed by atoms with Crippen molar-refractivity contribution < 1.29 is 13.6 Å². The normalized spacial score (nSPS) is 24.0. The molecule has 7 heteroatoms. The van der Waals surface area contributed by atoms with E-state index < -0.39 is 11.6 Å². The summed E-state index contributed by atoms with van der Waals surface area (Å²) < 4.78 is 29.1. The number of piperazine rings is 1. The average molecular weight is 377 g/mol. The second kappa shape index (κ2) is 7.56. The van der Waals surface area contributed by atoms with E-state index in [9.17, 15) is 13.6 Å². The van der Waals surface area contributed by atoms with Crippen LogP contribution in [-0.2, 0) is 4.79 Å². The van der Waals surface area contributed by atoms with E-state index in [1.807, 2.05) is 4.90 Å². The largest absolute Gasteiger partial charge is 0.340 e. The van der Waals surface area contributed by atoms with Gasteiger partial charge in [0.15, 0.2) is 17.7 Å². The smallest absolute Gasteiger partial charge is 0.236 e. The van der Waals surface area contributed by atoms with Gasteiger partial charge in [0, 0.05) is 51.0 Å². The number of benzene rings is 1. The summed E-state index contributed by atoms with van der Waals surface area (Å²) in [7, 11) is 0. The summed E-state index contributed by atoms with van der Waals surface area (Å²) in [5, 5.41) is 6.48. The molecule has 0 bridgehead atoms. The number of hydrogen-bond acceptors (Lipinski definition) is 3. The van der Waals surface area contributed by atoms with Crippen molar-refractivity contribution in [3.8, 4) is 0 Å². The Hall–Kier alpha value is -1.99. The van der Waals surface area contributed by atoms with Crippen LogP contribution in [0, 0.1) is 11.6 Å². The molecule has 3 heterocycles. The standard InChI is InChI=1S/C20H27F2N4O/c21-15-12-16(22)20-17(13-15)24-18(26(20)10-3-1-2-4-11-26)6-5-8-25-9-7-23-14-19(25)27/h1-2,12-13,18,23-24H,3-11,14H2/q+1. The summed E-state index contributed by atoms with van der Waals surface area (Å²) in [6, 6.07) is 2.41. The van der Waals surface area contributed by atoms with E-state index >= 15 is 0 Å². The van der Waals surface area contributed by atoms with Crippen LogP contribution in [0.15, 0.2) is 24.3 Å². The highest BCUT2D eigenvalue weighted by Crippen LogP contribution is 2.45. The second-order valence-electron chi connectivity index (χ2n) is 7.67. The van der Waals surface area contributed by atoms with Crippen molar-refractivity contribution >= 4 is 17.3 Å². The third-order valence-electron chi connectivity index (χ3n) is 6.04. The maximum Gasteiger partial charge on any atom is 0.236 e. The third-order valence-corrected chi connectivity index (χ3v) is 6.04. The zero-order valence-corrected chi connectivity index (χ0v) is 15.5. The van der Waals surface area contributed by atoms with Crippen LogP contribution in [-0.4, -0.2) is 56.2 Å². The van der Waals surface area contributed by atoms with Gasteiger partial charge in [0.2, 0.25) is 5.91 Å². The molecule has 3 aliphatic heterocycles. The fraction of sp³-hybridized carbons (Fsp3) is 0.550. The fourth-order valence-corrected chi connectivity index (χ4v) is 4.76. The van der Waals surface area contributed by atoms with Crippen LogP contribution in [0.3, 0.4) is 0 Å². The first-order valence-electron chi connectivity index (χ1n) is 9.86. The summed E-state index contributed by atoms with van der Waals surface area (Å²) in [5.74, 6) is -0.865. The van der Waals surface area contributed by atoms with Crippen LogP contribution in [0.1, 0.15) is 25.7 Å². The Labute approximate surface area is 158 Å². The van der Waals surface area contributed by atoms with Gasteiger partial charge in [-0.05, 0) is 6.42 Å². The van der Waals surface area contributed by atoms with E-state index in [4.69, 9.17) is 0 Å². The quantitative estimate of drug-likeness (QED) is 0.626. The molecular weight excluding hydrogens is 350 g/mol. The highest BCUT2D eigenvalue weighted by Gasteiger charge is 2.48. The van der Waals surface area contributed by atoms with Gasteiger partial charge >= 0.3 is 0 Å². The predicted octanol–water partition coefficient (Wildman–Crippen LogP) is 2.59. The Balaban J connectivity index is 1.53. The maximum absolute atomic E-state index is 14.8. The van der Waals surface area contributed by atoms with Crippen LogP contribution in [0.4, 0.5) is 20.2 Å². The molecule has 1 aromatic carbocycles. The van der Waals surface area contributed by atoms with E-state index in [1.165, 1.54) is 6.07 Å². The number of hydrogen-bond donors (Lipinski definition) is 2. The summed E-state index contributed by atoms with van der Waals surface area (Å²) >= 11 is 0. The molecule has 2 N–H and O–H groups in total. The van der Waals surface area contributed by atoms with Gasteiger partial charge in [-0.3, -0.25) is 9.28 Å². The van der Waals surface area contributed by atoms with Crippen LogP contribution in [0.25, 0.3) is 0 Å². The Kier molecular flexibility index (Phi) is 5.14. The Bertz CT molecular complexity index is 742. The predicted molar refractivity (Wildman–Crippen MR) is 102 cm³/mol. The molecule has 0 radical (unpaired) electrons. The molecule has 0 aliphatic carbocycles. The SMILES string of the molecule is O=C1CNCCN1CCCC1Nc2cc(F)cc(F)c2[N+]12CCC=CCC2. The van der Waals surface area contributed by atoms with Gasteiger partial charge in [-0.25, -0.2) is 8.78 Å². The number of quaternary nitrogens is 1. The highest BCUT2D eigenvalue weighted by atomic mass is 19.1. The van der Waals surface area contributed by atoms with E-state index in [2.05, 4.69) is 22.8 Å². The minimum Gasteiger partial charge on any atom is -0.340 e. The lowest BCUT2D eigenvalue weighted by Gasteiger charge is -2.39. The van der Waals surface area contributed by atoms with Crippen molar-refractivity contribution in [3.63, 3.8) is 0 Å². The van der Waals surface area contributed by atoms with Crippen molar-refractivity contribution in [3.05, 3.63) is 35.9 Å². The van der Waals surface area contributed by atoms with Crippen LogP contribution in [0.5, 0.6) is 0 Å². The molecule has 1 unspecified atom stereocenters. The van der Waals surface area contributed by atoms with Crippen molar-refractivity contribution in [2.45, 2.75) is 31.8 Å². The third kappa shape index (κ3) is 3.46. The number of rotatable bonds is 4. The molecule has 1 spiro atoms. The molecule has 5 nitrogen and oxygen atoms in total. The number of amides is 1. The Morgan fingerprint density at radius 2 is 1.96 bits per heavy atom. The molecule has 1 atom stereocenters. The van der Waals surface area contributed by atoms with E-state index in [-0.39, 0.29) is 12.1 Å². The van der Waals surface area contributed by atoms with Crippen LogP contribution in [0.2, 0.25) is 0 Å². The van der Waals surface area contributed by atoms with Gasteiger partial charge in [0.25, 0.3) is 0 Å².